The van der Waals surface area contributed by atoms with Gasteiger partial charge < -0.3 is 5.32 Å². The lowest BCUT2D eigenvalue weighted by molar-refractivity contribution is -0.115. The molecule has 6 heteroatoms. The third kappa shape index (κ3) is 5.04. The summed E-state index contributed by atoms with van der Waals surface area (Å²) in [4.78, 5) is 32.7. The molecule has 1 unspecified atom stereocenters. The molecule has 0 radical (unpaired) electrons. The van der Waals surface area contributed by atoms with E-state index in [4.69, 9.17) is 0 Å². The molecular formula is C22H21N3O2S. The van der Waals surface area contributed by atoms with Crippen LogP contribution in [-0.2, 0) is 4.79 Å². The number of Topliss-reactive ketones (excluding diaryl/α,β-unsaturated/α-hetero) is 1. The van der Waals surface area contributed by atoms with Crippen LogP contribution in [0.5, 0.6) is 0 Å². The summed E-state index contributed by atoms with van der Waals surface area (Å²) in [7, 11) is 0. The average Bonchev–Trinajstić information content (AvgIpc) is 2.73. The standard InChI is InChI=1S/C22H21N3O2S/c1-3-20(22(27)25-18-11-9-16(10-12-18)15(2)26)28-21-13-19(23-14-24-21)17-7-5-4-6-8-17/h4-14,20H,3H2,1-2H3,(H,25,27). The molecule has 0 aliphatic carbocycles. The highest BCUT2D eigenvalue weighted by Gasteiger charge is 2.19. The van der Waals surface area contributed by atoms with Crippen molar-refractivity contribution in [3.05, 3.63) is 72.6 Å². The molecule has 142 valence electrons. The summed E-state index contributed by atoms with van der Waals surface area (Å²) in [6.45, 7) is 3.48. The second-order valence-electron chi connectivity index (χ2n) is 6.25. The number of thioether (sulfide) groups is 1. The van der Waals surface area contributed by atoms with Crippen molar-refractivity contribution in [3.63, 3.8) is 0 Å². The minimum Gasteiger partial charge on any atom is -0.325 e. The molecule has 0 bridgehead atoms. The lowest BCUT2D eigenvalue weighted by Crippen LogP contribution is -2.24. The number of ketones is 1. The zero-order chi connectivity index (χ0) is 19.9. The van der Waals surface area contributed by atoms with Crippen molar-refractivity contribution in [3.8, 4) is 11.3 Å². The Morgan fingerprint density at radius 1 is 1.04 bits per heavy atom. The molecule has 1 atom stereocenters. The van der Waals surface area contributed by atoms with Gasteiger partial charge in [0.1, 0.15) is 11.4 Å². The third-order valence-corrected chi connectivity index (χ3v) is 5.49. The van der Waals surface area contributed by atoms with Crippen LogP contribution in [0.25, 0.3) is 11.3 Å². The molecule has 0 saturated carbocycles. The van der Waals surface area contributed by atoms with Gasteiger partial charge in [-0.05, 0) is 43.7 Å². The predicted molar refractivity (Wildman–Crippen MR) is 112 cm³/mol. The Morgan fingerprint density at radius 3 is 2.39 bits per heavy atom. The third-order valence-electron chi connectivity index (χ3n) is 4.20. The zero-order valence-electron chi connectivity index (χ0n) is 15.8. The van der Waals surface area contributed by atoms with Gasteiger partial charge in [-0.3, -0.25) is 9.59 Å². The molecule has 28 heavy (non-hydrogen) atoms. The summed E-state index contributed by atoms with van der Waals surface area (Å²) in [5, 5.41) is 3.38. The van der Waals surface area contributed by atoms with Gasteiger partial charge in [-0.25, -0.2) is 9.97 Å². The molecule has 1 N–H and O–H groups in total. The number of rotatable bonds is 7. The number of benzene rings is 2. The van der Waals surface area contributed by atoms with Gasteiger partial charge in [0.2, 0.25) is 5.91 Å². The van der Waals surface area contributed by atoms with Crippen LogP contribution in [0.15, 0.2) is 72.0 Å². The molecular weight excluding hydrogens is 370 g/mol. The maximum absolute atomic E-state index is 12.7. The van der Waals surface area contributed by atoms with Gasteiger partial charge in [-0.15, -0.1) is 0 Å². The summed E-state index contributed by atoms with van der Waals surface area (Å²) in [5.74, 6) is -0.0965. The molecule has 0 saturated heterocycles. The molecule has 0 aliphatic heterocycles. The lowest BCUT2D eigenvalue weighted by Gasteiger charge is -2.14. The van der Waals surface area contributed by atoms with Crippen molar-refractivity contribution in [2.45, 2.75) is 30.5 Å². The number of carbonyl (C=O) groups is 2. The predicted octanol–water partition coefficient (Wildman–Crippen LogP) is 4.86. The topological polar surface area (TPSA) is 72.0 Å². The molecule has 1 amide bonds. The van der Waals surface area contributed by atoms with E-state index in [-0.39, 0.29) is 16.9 Å². The van der Waals surface area contributed by atoms with Gasteiger partial charge in [0, 0.05) is 16.8 Å². The molecule has 0 fully saturated rings. The number of hydrogen-bond donors (Lipinski definition) is 1. The van der Waals surface area contributed by atoms with Crippen LogP contribution in [-0.4, -0.2) is 26.9 Å². The van der Waals surface area contributed by atoms with Crippen molar-refractivity contribution >= 4 is 29.1 Å². The first-order valence-corrected chi connectivity index (χ1v) is 9.90. The lowest BCUT2D eigenvalue weighted by atomic mass is 10.1. The smallest absolute Gasteiger partial charge is 0.237 e. The van der Waals surface area contributed by atoms with Crippen molar-refractivity contribution in [2.24, 2.45) is 0 Å². The van der Waals surface area contributed by atoms with Crippen molar-refractivity contribution in [2.75, 3.05) is 5.32 Å². The second kappa shape index (κ2) is 9.28. The van der Waals surface area contributed by atoms with Crippen molar-refractivity contribution in [1.82, 2.24) is 9.97 Å². The number of amides is 1. The highest BCUT2D eigenvalue weighted by molar-refractivity contribution is 8.00. The number of aromatic nitrogens is 2. The van der Waals surface area contributed by atoms with Crippen LogP contribution >= 0.6 is 11.8 Å². The summed E-state index contributed by atoms with van der Waals surface area (Å²) in [6, 6.07) is 18.7. The van der Waals surface area contributed by atoms with E-state index in [0.717, 1.165) is 16.3 Å². The number of nitrogens with zero attached hydrogens (tertiary/aromatic N) is 2. The van der Waals surface area contributed by atoms with Crippen LogP contribution in [0.3, 0.4) is 0 Å². The molecule has 0 aliphatic rings. The van der Waals surface area contributed by atoms with Gasteiger partial charge >= 0.3 is 0 Å². The first-order valence-electron chi connectivity index (χ1n) is 9.03. The highest BCUT2D eigenvalue weighted by atomic mass is 32.2. The van der Waals surface area contributed by atoms with Gasteiger partial charge in [-0.1, -0.05) is 49.0 Å². The Labute approximate surface area is 168 Å². The number of hydrogen-bond acceptors (Lipinski definition) is 5. The Balaban J connectivity index is 1.70. The van der Waals surface area contributed by atoms with E-state index in [1.54, 1.807) is 24.3 Å². The maximum Gasteiger partial charge on any atom is 0.237 e. The largest absolute Gasteiger partial charge is 0.325 e. The molecule has 1 heterocycles. The summed E-state index contributed by atoms with van der Waals surface area (Å²) >= 11 is 1.42. The van der Waals surface area contributed by atoms with Gasteiger partial charge in [0.25, 0.3) is 0 Å². The monoisotopic (exact) mass is 391 g/mol. The highest BCUT2D eigenvalue weighted by Crippen LogP contribution is 2.27. The Bertz CT molecular complexity index is 959. The van der Waals surface area contributed by atoms with E-state index < -0.39 is 0 Å². The fourth-order valence-electron chi connectivity index (χ4n) is 2.65. The minimum atomic E-state index is -0.286. The van der Waals surface area contributed by atoms with E-state index in [9.17, 15) is 9.59 Å². The molecule has 3 aromatic rings. The van der Waals surface area contributed by atoms with Crippen LogP contribution < -0.4 is 5.32 Å². The van der Waals surface area contributed by atoms with Crippen LogP contribution in [0.1, 0.15) is 30.6 Å². The second-order valence-corrected chi connectivity index (χ2v) is 7.47. The summed E-state index contributed by atoms with van der Waals surface area (Å²) < 4.78 is 0. The van der Waals surface area contributed by atoms with Gasteiger partial charge in [-0.2, -0.15) is 0 Å². The number of anilines is 1. The van der Waals surface area contributed by atoms with Crippen LogP contribution in [0.4, 0.5) is 5.69 Å². The normalized spacial score (nSPS) is 11.6. The number of nitrogens with one attached hydrogen (secondary N) is 1. The molecule has 3 rings (SSSR count). The van der Waals surface area contributed by atoms with Gasteiger partial charge in [0.05, 0.1) is 10.9 Å². The summed E-state index contributed by atoms with van der Waals surface area (Å²) in [6.07, 6.45) is 2.18. The maximum atomic E-state index is 12.7. The molecule has 5 nitrogen and oxygen atoms in total. The van der Waals surface area contributed by atoms with Crippen LogP contribution in [0.2, 0.25) is 0 Å². The van der Waals surface area contributed by atoms with E-state index >= 15 is 0 Å². The first-order chi connectivity index (χ1) is 13.6. The fraction of sp³-hybridized carbons (Fsp3) is 0.182. The van der Waals surface area contributed by atoms with Crippen molar-refractivity contribution in [1.29, 1.82) is 0 Å². The first kappa shape index (κ1) is 19.8. The van der Waals surface area contributed by atoms with E-state index in [1.807, 2.05) is 43.3 Å². The van der Waals surface area contributed by atoms with E-state index in [0.29, 0.717) is 17.7 Å². The Kier molecular flexibility index (Phi) is 6.55. The Morgan fingerprint density at radius 2 is 1.75 bits per heavy atom. The average molecular weight is 391 g/mol. The quantitative estimate of drug-likeness (QED) is 0.354. The van der Waals surface area contributed by atoms with E-state index in [1.165, 1.54) is 25.0 Å². The fourth-order valence-corrected chi connectivity index (χ4v) is 3.56. The molecule has 0 spiro atoms. The minimum absolute atomic E-state index is 0.00199. The molecule has 1 aromatic heterocycles. The zero-order valence-corrected chi connectivity index (χ0v) is 16.6. The Hall–Kier alpha value is -2.99. The molecule has 2 aromatic carbocycles. The summed E-state index contributed by atoms with van der Waals surface area (Å²) in [5.41, 5.74) is 3.12. The van der Waals surface area contributed by atoms with Crippen LogP contribution in [0, 0.1) is 0 Å². The van der Waals surface area contributed by atoms with Crippen molar-refractivity contribution < 1.29 is 9.59 Å². The van der Waals surface area contributed by atoms with E-state index in [2.05, 4.69) is 15.3 Å². The van der Waals surface area contributed by atoms with Gasteiger partial charge in [0.15, 0.2) is 5.78 Å². The number of carbonyl (C=O) groups excluding carboxylic acids is 2. The SMILES string of the molecule is CCC(Sc1cc(-c2ccccc2)ncn1)C(=O)Nc1ccc(C(C)=O)cc1.